The van der Waals surface area contributed by atoms with Gasteiger partial charge in [-0.3, -0.25) is 9.78 Å². The summed E-state index contributed by atoms with van der Waals surface area (Å²) in [5.74, 6) is 0.286. The van der Waals surface area contributed by atoms with Gasteiger partial charge in [-0.25, -0.2) is 4.98 Å². The quantitative estimate of drug-likeness (QED) is 0.0849. The maximum atomic E-state index is 12.2. The Hall–Kier alpha value is -2.88. The molecule has 4 aromatic rings. The van der Waals surface area contributed by atoms with E-state index < -0.39 is 0 Å². The maximum Gasteiger partial charge on any atom is 0.164 e. The number of hydrogen-bond acceptors (Lipinski definition) is 4. The molecule has 1 N–H and O–H groups in total. The van der Waals surface area contributed by atoms with Gasteiger partial charge in [-0.15, -0.1) is 34.9 Å². The van der Waals surface area contributed by atoms with Gasteiger partial charge in [-0.05, 0) is 54.6 Å². The van der Waals surface area contributed by atoms with Crippen LogP contribution in [0.1, 0.15) is 83.9 Å². The van der Waals surface area contributed by atoms with Gasteiger partial charge in [0.25, 0.3) is 0 Å². The fourth-order valence-electron chi connectivity index (χ4n) is 5.00. The number of benzene rings is 3. The van der Waals surface area contributed by atoms with Crippen LogP contribution < -0.4 is 0 Å². The third kappa shape index (κ3) is 7.50. The molecule has 0 aliphatic heterocycles. The number of allylic oxidation sites excluding steroid dienone is 2. The molecule has 0 saturated carbocycles. The van der Waals surface area contributed by atoms with Crippen LogP contribution in [0.4, 0.5) is 0 Å². The molecular weight excluding hydrogens is 685 g/mol. The van der Waals surface area contributed by atoms with Crippen molar-refractivity contribution in [3.05, 3.63) is 83.4 Å². The monoisotopic (exact) mass is 730 g/mol. The van der Waals surface area contributed by atoms with Gasteiger partial charge in [-0.1, -0.05) is 85.7 Å². The van der Waals surface area contributed by atoms with Gasteiger partial charge in [0.1, 0.15) is 12.1 Å². The SMILES string of the molecule is CCC(C)(CC)C(=O)/C=C(\O)C(C)(CC)CC.Cc1[c-]c(-c2ncnc3c2cc(C)c2ccccc23)cc(C)c1.[Ir]. The average Bonchev–Trinajstić information content (AvgIpc) is 2.96. The predicted octanol–water partition coefficient (Wildman–Crippen LogP) is 9.82. The van der Waals surface area contributed by atoms with E-state index in [1.165, 1.54) is 28.0 Å². The van der Waals surface area contributed by atoms with Gasteiger partial charge in [0.15, 0.2) is 5.78 Å². The van der Waals surface area contributed by atoms with Crippen molar-refractivity contribution in [1.29, 1.82) is 0 Å². The number of aryl methyl sites for hydroxylation is 3. The number of hydrogen-bond donors (Lipinski definition) is 1. The second-order valence-electron chi connectivity index (χ2n) is 11.5. The summed E-state index contributed by atoms with van der Waals surface area (Å²) in [4.78, 5) is 21.3. The summed E-state index contributed by atoms with van der Waals surface area (Å²) >= 11 is 0. The number of aliphatic hydroxyl groups is 1. The van der Waals surface area contributed by atoms with Crippen molar-refractivity contribution in [2.24, 2.45) is 10.8 Å². The number of aromatic nitrogens is 2. The van der Waals surface area contributed by atoms with E-state index >= 15 is 0 Å². The maximum absolute atomic E-state index is 12.2. The number of nitrogens with zero attached hydrogens (tertiary/aromatic N) is 2. The van der Waals surface area contributed by atoms with Crippen molar-refractivity contribution in [3.8, 4) is 11.3 Å². The van der Waals surface area contributed by atoms with Crippen molar-refractivity contribution < 1.29 is 30.0 Å². The molecule has 4 rings (SSSR count). The van der Waals surface area contributed by atoms with E-state index in [-0.39, 0.29) is 42.5 Å². The first kappa shape index (κ1) is 34.3. The Bertz CT molecular complexity index is 1510. The first-order valence-corrected chi connectivity index (χ1v) is 14.5. The van der Waals surface area contributed by atoms with Crippen molar-refractivity contribution in [2.45, 2.75) is 88.0 Å². The topological polar surface area (TPSA) is 63.1 Å². The van der Waals surface area contributed by atoms with E-state index in [2.05, 4.69) is 79.3 Å². The Kier molecular flexibility index (Phi) is 12.0. The summed E-state index contributed by atoms with van der Waals surface area (Å²) in [6.07, 6.45) is 6.41. The summed E-state index contributed by atoms with van der Waals surface area (Å²) < 4.78 is 0. The van der Waals surface area contributed by atoms with Crippen LogP contribution in [0.2, 0.25) is 0 Å². The molecule has 5 heteroatoms. The molecule has 221 valence electrons. The summed E-state index contributed by atoms with van der Waals surface area (Å²) in [7, 11) is 0. The molecule has 0 aliphatic carbocycles. The van der Waals surface area contributed by atoms with Gasteiger partial charge in [0.2, 0.25) is 0 Å². The number of fused-ring (bicyclic) bond motifs is 3. The first-order valence-electron chi connectivity index (χ1n) is 14.5. The summed E-state index contributed by atoms with van der Waals surface area (Å²) in [5.41, 5.74) is 5.98. The molecule has 0 spiro atoms. The normalized spacial score (nSPS) is 12.1. The van der Waals surface area contributed by atoms with Crippen LogP contribution in [0, 0.1) is 37.7 Å². The first-order chi connectivity index (χ1) is 18.9. The van der Waals surface area contributed by atoms with Crippen LogP contribution in [0.15, 0.2) is 60.6 Å². The molecule has 0 atom stereocenters. The zero-order valence-electron chi connectivity index (χ0n) is 26.1. The van der Waals surface area contributed by atoms with Crippen molar-refractivity contribution in [2.75, 3.05) is 0 Å². The van der Waals surface area contributed by atoms with Crippen LogP contribution >= 0.6 is 0 Å². The van der Waals surface area contributed by atoms with Crippen LogP contribution in [-0.2, 0) is 24.9 Å². The van der Waals surface area contributed by atoms with Crippen LogP contribution in [0.3, 0.4) is 0 Å². The minimum absolute atomic E-state index is 0. The standard InChI is InChI=1S/C21H17N2.C15H28O2.Ir/c1-13-8-14(2)10-16(9-13)20-19-11-15(3)17-6-4-5-7-18(17)21(19)23-12-22-20;1-7-14(5,8-2)12(16)11-13(17)15(6,9-3)10-4;/h4-9,11-12H,1-3H3;11,16H,7-10H2,1-6H3;/q-1;;/b;12-11-;. The Labute approximate surface area is 260 Å². The minimum atomic E-state index is -0.337. The summed E-state index contributed by atoms with van der Waals surface area (Å²) in [6.45, 7) is 18.4. The largest absolute Gasteiger partial charge is 0.512 e. The summed E-state index contributed by atoms with van der Waals surface area (Å²) in [5, 5.41) is 13.6. The predicted molar refractivity (Wildman–Crippen MR) is 169 cm³/mol. The Morgan fingerprint density at radius 1 is 0.854 bits per heavy atom. The molecule has 0 aliphatic rings. The molecule has 0 saturated heterocycles. The molecule has 1 aromatic heterocycles. The zero-order valence-corrected chi connectivity index (χ0v) is 28.5. The van der Waals surface area contributed by atoms with Crippen molar-refractivity contribution >= 4 is 27.5 Å². The number of rotatable bonds is 8. The van der Waals surface area contributed by atoms with Crippen molar-refractivity contribution in [1.82, 2.24) is 9.97 Å². The molecule has 1 heterocycles. The van der Waals surface area contributed by atoms with E-state index in [1.54, 1.807) is 6.33 Å². The molecule has 0 amide bonds. The van der Waals surface area contributed by atoms with E-state index in [1.807, 2.05) is 41.5 Å². The second kappa shape index (κ2) is 14.3. The molecule has 0 bridgehead atoms. The molecule has 3 aromatic carbocycles. The fraction of sp³-hybridized carbons (Fsp3) is 0.417. The van der Waals surface area contributed by atoms with Crippen LogP contribution in [0.25, 0.3) is 32.9 Å². The smallest absolute Gasteiger partial charge is 0.164 e. The Balaban J connectivity index is 0.000000296. The number of aliphatic hydroxyl groups excluding tert-OH is 1. The fourth-order valence-corrected chi connectivity index (χ4v) is 5.00. The van der Waals surface area contributed by atoms with Crippen molar-refractivity contribution in [3.63, 3.8) is 0 Å². The third-order valence-electron chi connectivity index (χ3n) is 8.86. The number of carbonyl (C=O) groups excluding carboxylic acids is 1. The second-order valence-corrected chi connectivity index (χ2v) is 11.5. The van der Waals surface area contributed by atoms with E-state index in [0.29, 0.717) is 0 Å². The molecule has 0 fully saturated rings. The van der Waals surface area contributed by atoms with E-state index in [0.717, 1.165) is 53.4 Å². The van der Waals surface area contributed by atoms with Crippen LogP contribution in [-0.4, -0.2) is 20.9 Å². The minimum Gasteiger partial charge on any atom is -0.512 e. The number of ketones is 1. The Morgan fingerprint density at radius 2 is 1.44 bits per heavy atom. The van der Waals surface area contributed by atoms with Gasteiger partial charge >= 0.3 is 0 Å². The summed E-state index contributed by atoms with van der Waals surface area (Å²) in [6, 6.07) is 18.3. The van der Waals surface area contributed by atoms with E-state index in [4.69, 9.17) is 0 Å². The number of carbonyl (C=O) groups is 1. The van der Waals surface area contributed by atoms with E-state index in [9.17, 15) is 9.90 Å². The molecule has 0 unspecified atom stereocenters. The van der Waals surface area contributed by atoms with Crippen LogP contribution in [0.5, 0.6) is 0 Å². The molecule has 41 heavy (non-hydrogen) atoms. The molecule has 1 radical (unpaired) electrons. The molecular formula is C36H45IrN2O2-. The average molecular weight is 730 g/mol. The Morgan fingerprint density at radius 3 is 2.00 bits per heavy atom. The van der Waals surface area contributed by atoms with Gasteiger partial charge in [0.05, 0.1) is 5.52 Å². The van der Waals surface area contributed by atoms with Gasteiger partial charge < -0.3 is 5.11 Å². The van der Waals surface area contributed by atoms with Gasteiger partial charge in [-0.2, -0.15) is 0 Å². The molecule has 4 nitrogen and oxygen atoms in total. The zero-order chi connectivity index (χ0) is 29.7. The van der Waals surface area contributed by atoms with Gasteiger partial charge in [0, 0.05) is 42.4 Å². The third-order valence-corrected chi connectivity index (χ3v) is 8.86.